The molecule has 0 bridgehead atoms. The van der Waals surface area contributed by atoms with Crippen molar-refractivity contribution in [3.05, 3.63) is 22.7 Å². The molecule has 1 fully saturated rings. The van der Waals surface area contributed by atoms with Crippen LogP contribution in [0.2, 0.25) is 0 Å². The third-order valence-corrected chi connectivity index (χ3v) is 6.20. The molecule has 0 aliphatic carbocycles. The van der Waals surface area contributed by atoms with Crippen molar-refractivity contribution in [1.29, 1.82) is 0 Å². The normalized spacial score (nSPS) is 17.8. The molecule has 7 heteroatoms. The molecule has 0 unspecified atom stereocenters. The third-order valence-electron chi connectivity index (χ3n) is 3.32. The van der Waals surface area contributed by atoms with E-state index in [1.807, 2.05) is 0 Å². The van der Waals surface area contributed by atoms with Gasteiger partial charge in [0.2, 0.25) is 10.0 Å². The molecule has 1 aliphatic rings. The molecule has 1 aliphatic heterocycles. The molecule has 2 rings (SSSR count). The Hall–Kier alpha value is -0.630. The molecule has 19 heavy (non-hydrogen) atoms. The highest BCUT2D eigenvalue weighted by atomic mass is 79.9. The molecule has 1 aromatic rings. The minimum Gasteiger partial charge on any atom is -0.399 e. The lowest BCUT2D eigenvalue weighted by molar-refractivity contribution is 0.0632. The van der Waals surface area contributed by atoms with Crippen LogP contribution in [0.15, 0.2) is 27.6 Å². The van der Waals surface area contributed by atoms with Crippen LogP contribution in [0.1, 0.15) is 12.8 Å². The number of halogens is 1. The van der Waals surface area contributed by atoms with Gasteiger partial charge < -0.3 is 10.5 Å². The van der Waals surface area contributed by atoms with Crippen molar-refractivity contribution in [1.82, 2.24) is 4.31 Å². The van der Waals surface area contributed by atoms with Gasteiger partial charge in [-0.3, -0.25) is 0 Å². The Bertz CT molecular complexity index is 556. The quantitative estimate of drug-likeness (QED) is 0.845. The molecule has 1 heterocycles. The zero-order valence-corrected chi connectivity index (χ0v) is 13.1. The summed E-state index contributed by atoms with van der Waals surface area (Å²) in [7, 11) is -1.89. The largest absolute Gasteiger partial charge is 0.399 e. The lowest BCUT2D eigenvalue weighted by Crippen LogP contribution is -2.40. The van der Waals surface area contributed by atoms with Crippen LogP contribution in [0.3, 0.4) is 0 Å². The van der Waals surface area contributed by atoms with Crippen molar-refractivity contribution in [3.8, 4) is 0 Å². The van der Waals surface area contributed by atoms with Gasteiger partial charge in [0.25, 0.3) is 0 Å². The molecular weight excluding hydrogens is 332 g/mol. The van der Waals surface area contributed by atoms with Gasteiger partial charge in [-0.05, 0) is 47.0 Å². The van der Waals surface area contributed by atoms with Gasteiger partial charge in [-0.15, -0.1) is 0 Å². The molecule has 1 saturated heterocycles. The second-order valence-electron chi connectivity index (χ2n) is 4.55. The number of nitrogens with zero attached hydrogens (tertiary/aromatic N) is 1. The highest BCUT2D eigenvalue weighted by Gasteiger charge is 2.30. The zero-order chi connectivity index (χ0) is 14.0. The molecule has 0 radical (unpaired) electrons. The second kappa shape index (κ2) is 5.78. The van der Waals surface area contributed by atoms with Crippen molar-refractivity contribution in [2.45, 2.75) is 23.8 Å². The van der Waals surface area contributed by atoms with Gasteiger partial charge in [-0.25, -0.2) is 8.42 Å². The summed E-state index contributed by atoms with van der Waals surface area (Å²) in [6.45, 7) is 1.21. The van der Waals surface area contributed by atoms with E-state index in [0.29, 0.717) is 23.4 Å². The summed E-state index contributed by atoms with van der Waals surface area (Å²) < 4.78 is 32.3. The van der Waals surface area contributed by atoms with Crippen LogP contribution in [-0.2, 0) is 14.8 Å². The zero-order valence-electron chi connectivity index (χ0n) is 10.7. The number of hydrogen-bond donors (Lipinski definition) is 1. The molecule has 0 aromatic heterocycles. The van der Waals surface area contributed by atoms with Gasteiger partial charge in [0, 0.05) is 36.5 Å². The van der Waals surface area contributed by atoms with Crippen LogP contribution in [0, 0.1) is 0 Å². The molecule has 1 aromatic carbocycles. The molecule has 0 spiro atoms. The van der Waals surface area contributed by atoms with Crippen molar-refractivity contribution in [2.75, 3.05) is 26.0 Å². The maximum atomic E-state index is 12.6. The number of nitrogen functional groups attached to an aromatic ring is 1. The first-order valence-electron chi connectivity index (χ1n) is 6.03. The van der Waals surface area contributed by atoms with Crippen molar-refractivity contribution in [2.24, 2.45) is 0 Å². The minimum absolute atomic E-state index is 0.0109. The number of nitrogens with two attached hydrogens (primary N) is 1. The van der Waals surface area contributed by atoms with E-state index in [2.05, 4.69) is 15.9 Å². The van der Waals surface area contributed by atoms with Crippen molar-refractivity contribution < 1.29 is 13.2 Å². The summed E-state index contributed by atoms with van der Waals surface area (Å²) in [5.74, 6) is 0. The smallest absolute Gasteiger partial charge is 0.244 e. The fourth-order valence-electron chi connectivity index (χ4n) is 2.13. The Morgan fingerprint density at radius 1 is 1.37 bits per heavy atom. The molecule has 2 N–H and O–H groups in total. The number of benzene rings is 1. The highest BCUT2D eigenvalue weighted by molar-refractivity contribution is 9.10. The Balaban J connectivity index is 2.30. The fourth-order valence-corrected chi connectivity index (χ4v) is 4.60. The topological polar surface area (TPSA) is 72.6 Å². The fraction of sp³-hybridized carbons (Fsp3) is 0.500. The van der Waals surface area contributed by atoms with E-state index in [0.717, 1.165) is 12.8 Å². The number of ether oxygens (including phenoxy) is 1. The van der Waals surface area contributed by atoms with Crippen molar-refractivity contribution in [3.63, 3.8) is 0 Å². The summed E-state index contributed by atoms with van der Waals surface area (Å²) in [4.78, 5) is 0.246. The summed E-state index contributed by atoms with van der Waals surface area (Å²) in [5, 5.41) is 0. The molecule has 5 nitrogen and oxygen atoms in total. The van der Waals surface area contributed by atoms with Crippen LogP contribution in [-0.4, -0.2) is 39.0 Å². The minimum atomic E-state index is -3.51. The predicted octanol–water partition coefficient (Wildman–Crippen LogP) is 1.83. The Morgan fingerprint density at radius 2 is 2.00 bits per heavy atom. The van der Waals surface area contributed by atoms with Crippen LogP contribution in [0.4, 0.5) is 5.69 Å². The SMILES string of the molecule is CN(C1CCOCC1)S(=O)(=O)c1ccc(N)cc1Br. The number of rotatable bonds is 3. The lowest BCUT2D eigenvalue weighted by Gasteiger charge is -2.30. The van der Waals surface area contributed by atoms with Crippen molar-refractivity contribution >= 4 is 31.6 Å². The van der Waals surface area contributed by atoms with Crippen LogP contribution in [0.25, 0.3) is 0 Å². The first kappa shape index (κ1) is 14.8. The van der Waals surface area contributed by atoms with E-state index in [-0.39, 0.29) is 10.9 Å². The van der Waals surface area contributed by atoms with Gasteiger partial charge >= 0.3 is 0 Å². The maximum Gasteiger partial charge on any atom is 0.244 e. The average molecular weight is 349 g/mol. The Labute approximate surface area is 121 Å². The molecule has 106 valence electrons. The van der Waals surface area contributed by atoms with E-state index in [1.54, 1.807) is 19.2 Å². The standard InChI is InChI=1S/C12H17BrN2O3S/c1-15(10-4-6-18-7-5-10)19(16,17)12-3-2-9(14)8-11(12)13/h2-3,8,10H,4-7,14H2,1H3. The summed E-state index contributed by atoms with van der Waals surface area (Å²) >= 11 is 3.26. The molecule has 0 saturated carbocycles. The number of anilines is 1. The van der Waals surface area contributed by atoms with Gasteiger partial charge in [0.05, 0.1) is 4.90 Å². The van der Waals surface area contributed by atoms with E-state index < -0.39 is 10.0 Å². The first-order valence-corrected chi connectivity index (χ1v) is 8.27. The monoisotopic (exact) mass is 348 g/mol. The van der Waals surface area contributed by atoms with Crippen LogP contribution in [0.5, 0.6) is 0 Å². The summed E-state index contributed by atoms with van der Waals surface area (Å²) in [6.07, 6.45) is 1.45. The van der Waals surface area contributed by atoms with E-state index in [9.17, 15) is 8.42 Å². The number of sulfonamides is 1. The Morgan fingerprint density at radius 3 is 2.58 bits per heavy atom. The van der Waals surface area contributed by atoms with Gasteiger partial charge in [-0.2, -0.15) is 4.31 Å². The summed E-state index contributed by atoms with van der Waals surface area (Å²) in [6, 6.07) is 4.72. The average Bonchev–Trinajstić information content (AvgIpc) is 2.38. The van der Waals surface area contributed by atoms with E-state index in [4.69, 9.17) is 10.5 Å². The maximum absolute atomic E-state index is 12.6. The third kappa shape index (κ3) is 3.10. The van der Waals surface area contributed by atoms with E-state index in [1.165, 1.54) is 10.4 Å². The second-order valence-corrected chi connectivity index (χ2v) is 7.37. The Kier molecular flexibility index (Phi) is 4.50. The molecular formula is C12H17BrN2O3S. The summed E-state index contributed by atoms with van der Waals surface area (Å²) in [5.41, 5.74) is 6.16. The molecule has 0 amide bonds. The van der Waals surface area contributed by atoms with Gasteiger partial charge in [0.15, 0.2) is 0 Å². The predicted molar refractivity (Wildman–Crippen MR) is 77.3 cm³/mol. The highest BCUT2D eigenvalue weighted by Crippen LogP contribution is 2.28. The van der Waals surface area contributed by atoms with Gasteiger partial charge in [0.1, 0.15) is 0 Å². The van der Waals surface area contributed by atoms with Crippen LogP contribution >= 0.6 is 15.9 Å². The first-order chi connectivity index (χ1) is 8.93. The lowest BCUT2D eigenvalue weighted by atomic mass is 10.1. The number of hydrogen-bond acceptors (Lipinski definition) is 4. The van der Waals surface area contributed by atoms with Crippen LogP contribution < -0.4 is 5.73 Å². The van der Waals surface area contributed by atoms with Gasteiger partial charge in [-0.1, -0.05) is 0 Å². The van der Waals surface area contributed by atoms with E-state index >= 15 is 0 Å². The molecule has 0 atom stereocenters.